The lowest BCUT2D eigenvalue weighted by molar-refractivity contribution is 0.108. The first kappa shape index (κ1) is 12.1. The number of hydrogen-bond acceptors (Lipinski definition) is 2. The molecule has 2 aromatic carbocycles. The Kier molecular flexibility index (Phi) is 3.82. The van der Waals surface area contributed by atoms with E-state index in [1.165, 1.54) is 0 Å². The molecule has 2 rings (SSSR count). The molecule has 2 aromatic rings. The number of rotatable bonds is 3. The van der Waals surface area contributed by atoms with Crippen LogP contribution in [0.5, 0.6) is 11.5 Å². The maximum Gasteiger partial charge on any atom is 0.252 e. The first-order valence-electron chi connectivity index (χ1n) is 4.88. The molecule has 0 radical (unpaired) electrons. The van der Waals surface area contributed by atoms with E-state index in [0.717, 1.165) is 10.2 Å². The first-order valence-corrected chi connectivity index (χ1v) is 6.05. The number of benzene rings is 2. The van der Waals surface area contributed by atoms with Gasteiger partial charge in [-0.2, -0.15) is 0 Å². The van der Waals surface area contributed by atoms with Gasteiger partial charge in [-0.25, -0.2) is 0 Å². The first-order chi connectivity index (χ1) is 8.15. The van der Waals surface area contributed by atoms with Crippen LogP contribution in [0.15, 0.2) is 53.0 Å². The highest BCUT2D eigenvalue weighted by molar-refractivity contribution is 9.10. The smallest absolute Gasteiger partial charge is 0.252 e. The Morgan fingerprint density at radius 2 is 1.41 bits per heavy atom. The van der Waals surface area contributed by atoms with E-state index in [2.05, 4.69) is 15.9 Å². The van der Waals surface area contributed by atoms with Crippen LogP contribution in [0.25, 0.3) is 0 Å². The fraction of sp³-hybridized carbons (Fsp3) is 0. The molecule has 0 N–H and O–H groups in total. The van der Waals surface area contributed by atoms with E-state index in [1.807, 2.05) is 24.3 Å². The zero-order chi connectivity index (χ0) is 12.3. The zero-order valence-corrected chi connectivity index (χ0v) is 11.0. The highest BCUT2D eigenvalue weighted by atomic mass is 79.9. The SMILES string of the molecule is O=C(Cl)c1ccc(Oc2ccc(Br)cc2)cc1. The maximum absolute atomic E-state index is 10.9. The van der Waals surface area contributed by atoms with Crippen molar-refractivity contribution in [1.29, 1.82) is 0 Å². The number of hydrogen-bond donors (Lipinski definition) is 0. The molecule has 0 saturated heterocycles. The van der Waals surface area contributed by atoms with E-state index in [1.54, 1.807) is 24.3 Å². The van der Waals surface area contributed by atoms with Crippen LogP contribution in [0.2, 0.25) is 0 Å². The van der Waals surface area contributed by atoms with E-state index in [-0.39, 0.29) is 0 Å². The van der Waals surface area contributed by atoms with Crippen molar-refractivity contribution in [3.05, 3.63) is 58.6 Å². The normalized spacial score (nSPS) is 10.0. The van der Waals surface area contributed by atoms with Crippen molar-refractivity contribution in [1.82, 2.24) is 0 Å². The van der Waals surface area contributed by atoms with Crippen molar-refractivity contribution in [3.63, 3.8) is 0 Å². The average Bonchev–Trinajstić information content (AvgIpc) is 2.33. The van der Waals surface area contributed by atoms with E-state index in [9.17, 15) is 4.79 Å². The fourth-order valence-corrected chi connectivity index (χ4v) is 1.68. The molecule has 4 heteroatoms. The molecular weight excluding hydrogens is 303 g/mol. The summed E-state index contributed by atoms with van der Waals surface area (Å²) in [5.41, 5.74) is 0.454. The molecule has 0 saturated carbocycles. The highest BCUT2D eigenvalue weighted by Gasteiger charge is 2.02. The van der Waals surface area contributed by atoms with Gasteiger partial charge in [0.2, 0.25) is 0 Å². The molecule has 0 unspecified atom stereocenters. The van der Waals surface area contributed by atoms with Crippen molar-refractivity contribution in [3.8, 4) is 11.5 Å². The molecule has 0 bridgehead atoms. The molecule has 86 valence electrons. The molecule has 0 spiro atoms. The van der Waals surface area contributed by atoms with Gasteiger partial charge in [0.15, 0.2) is 0 Å². The quantitative estimate of drug-likeness (QED) is 0.773. The summed E-state index contributed by atoms with van der Waals surface area (Å²) in [5, 5.41) is -0.472. The van der Waals surface area contributed by atoms with Gasteiger partial charge in [-0.1, -0.05) is 15.9 Å². The number of ether oxygens (including phenoxy) is 1. The summed E-state index contributed by atoms with van der Waals surface area (Å²) in [7, 11) is 0. The second-order valence-electron chi connectivity index (χ2n) is 3.35. The number of carbonyl (C=O) groups is 1. The van der Waals surface area contributed by atoms with Gasteiger partial charge in [0, 0.05) is 10.0 Å². The topological polar surface area (TPSA) is 26.3 Å². The minimum atomic E-state index is -0.472. The summed E-state index contributed by atoms with van der Waals surface area (Å²) in [6.45, 7) is 0. The van der Waals surface area contributed by atoms with Crippen molar-refractivity contribution in [2.24, 2.45) is 0 Å². The van der Waals surface area contributed by atoms with E-state index >= 15 is 0 Å². The Morgan fingerprint density at radius 1 is 0.941 bits per heavy atom. The Balaban J connectivity index is 2.13. The second-order valence-corrected chi connectivity index (χ2v) is 4.61. The van der Waals surface area contributed by atoms with Gasteiger partial charge in [-0.15, -0.1) is 0 Å². The Bertz CT molecular complexity index is 520. The molecule has 17 heavy (non-hydrogen) atoms. The third-order valence-electron chi connectivity index (χ3n) is 2.13. The maximum atomic E-state index is 10.9. The Morgan fingerprint density at radius 3 is 1.88 bits per heavy atom. The van der Waals surface area contributed by atoms with Gasteiger partial charge >= 0.3 is 0 Å². The van der Waals surface area contributed by atoms with Gasteiger partial charge in [0.25, 0.3) is 5.24 Å². The summed E-state index contributed by atoms with van der Waals surface area (Å²) >= 11 is 8.70. The molecule has 0 atom stereocenters. The summed E-state index contributed by atoms with van der Waals surface area (Å²) in [6.07, 6.45) is 0. The van der Waals surface area contributed by atoms with Gasteiger partial charge in [0.05, 0.1) is 0 Å². The van der Waals surface area contributed by atoms with Crippen LogP contribution in [-0.2, 0) is 0 Å². The van der Waals surface area contributed by atoms with Gasteiger partial charge in [0.1, 0.15) is 11.5 Å². The fourth-order valence-electron chi connectivity index (χ4n) is 1.29. The largest absolute Gasteiger partial charge is 0.457 e. The Labute approximate surface area is 112 Å². The van der Waals surface area contributed by atoms with Crippen molar-refractivity contribution < 1.29 is 9.53 Å². The number of carbonyl (C=O) groups excluding carboxylic acids is 1. The molecule has 0 aromatic heterocycles. The van der Waals surface area contributed by atoms with Crippen molar-refractivity contribution in [2.45, 2.75) is 0 Å². The van der Waals surface area contributed by atoms with Crippen LogP contribution in [0.1, 0.15) is 10.4 Å². The lowest BCUT2D eigenvalue weighted by Gasteiger charge is -2.05. The minimum absolute atomic E-state index is 0.454. The van der Waals surface area contributed by atoms with Gasteiger partial charge in [-0.05, 0) is 60.1 Å². The third kappa shape index (κ3) is 3.32. The summed E-state index contributed by atoms with van der Waals surface area (Å²) in [4.78, 5) is 10.9. The van der Waals surface area contributed by atoms with Crippen LogP contribution in [0.3, 0.4) is 0 Å². The lowest BCUT2D eigenvalue weighted by atomic mass is 10.2. The molecule has 0 aliphatic rings. The molecule has 2 nitrogen and oxygen atoms in total. The molecule has 0 aliphatic heterocycles. The standard InChI is InChI=1S/C13H8BrClO2/c14-10-3-7-12(8-4-10)17-11-5-1-9(2-6-11)13(15)16/h1-8H. The molecule has 0 aliphatic carbocycles. The summed E-state index contributed by atoms with van der Waals surface area (Å²) in [6, 6.07) is 14.2. The van der Waals surface area contributed by atoms with Gasteiger partial charge < -0.3 is 4.74 Å². The van der Waals surface area contributed by atoms with E-state index < -0.39 is 5.24 Å². The van der Waals surface area contributed by atoms with Gasteiger partial charge in [-0.3, -0.25) is 4.79 Å². The second kappa shape index (κ2) is 5.34. The minimum Gasteiger partial charge on any atom is -0.457 e. The van der Waals surface area contributed by atoms with Crippen LogP contribution >= 0.6 is 27.5 Å². The van der Waals surface area contributed by atoms with E-state index in [4.69, 9.17) is 16.3 Å². The molecule has 0 amide bonds. The van der Waals surface area contributed by atoms with Crippen LogP contribution < -0.4 is 4.74 Å². The third-order valence-corrected chi connectivity index (χ3v) is 2.88. The summed E-state index contributed by atoms with van der Waals surface area (Å²) in [5.74, 6) is 1.40. The van der Waals surface area contributed by atoms with Crippen molar-refractivity contribution >= 4 is 32.8 Å². The molecular formula is C13H8BrClO2. The van der Waals surface area contributed by atoms with Crippen molar-refractivity contribution in [2.75, 3.05) is 0 Å². The molecule has 0 fully saturated rings. The molecule has 0 heterocycles. The average molecular weight is 312 g/mol. The Hall–Kier alpha value is -1.32. The van der Waals surface area contributed by atoms with E-state index in [0.29, 0.717) is 11.3 Å². The zero-order valence-electron chi connectivity index (χ0n) is 8.69. The lowest BCUT2D eigenvalue weighted by Crippen LogP contribution is -1.89. The van der Waals surface area contributed by atoms with Crippen LogP contribution in [0, 0.1) is 0 Å². The summed E-state index contributed by atoms with van der Waals surface area (Å²) < 4.78 is 6.59. The highest BCUT2D eigenvalue weighted by Crippen LogP contribution is 2.23. The monoisotopic (exact) mass is 310 g/mol. The number of halogens is 2. The predicted octanol–water partition coefficient (Wildman–Crippen LogP) is 4.62. The predicted molar refractivity (Wildman–Crippen MR) is 70.8 cm³/mol. The van der Waals surface area contributed by atoms with Crippen LogP contribution in [0.4, 0.5) is 0 Å². The van der Waals surface area contributed by atoms with Crippen LogP contribution in [-0.4, -0.2) is 5.24 Å².